The van der Waals surface area contributed by atoms with Crippen molar-refractivity contribution in [2.24, 2.45) is 0 Å². The molecule has 375 valence electrons. The van der Waals surface area contributed by atoms with Crippen molar-refractivity contribution in [3.63, 3.8) is 0 Å². The molecule has 0 spiro atoms. The number of pyridine rings is 7. The topological polar surface area (TPSA) is 272 Å². The van der Waals surface area contributed by atoms with Crippen LogP contribution >= 0.6 is 70.2 Å². The average Bonchev–Trinajstić information content (AvgIpc) is 3.91. The van der Waals surface area contributed by atoms with Crippen molar-refractivity contribution in [2.75, 3.05) is 62.8 Å². The van der Waals surface area contributed by atoms with Crippen molar-refractivity contribution in [1.82, 2.24) is 44.5 Å². The molecule has 0 bridgehead atoms. The number of thioether (sulfide) groups is 4. The zero-order valence-corrected chi connectivity index (χ0v) is 42.8. The third kappa shape index (κ3) is 7.79. The van der Waals surface area contributed by atoms with Crippen molar-refractivity contribution < 1.29 is 42.6 Å². The van der Waals surface area contributed by atoms with Gasteiger partial charge in [0.05, 0.1) is 99.5 Å². The molecular formula is C47H25ClFN14O8S5. The molecule has 0 fully saturated rings. The van der Waals surface area contributed by atoms with Crippen molar-refractivity contribution in [3.8, 4) is 51.2 Å². The maximum absolute atomic E-state index is 17.1. The minimum atomic E-state index is -1.38. The molecule has 6 aliphatic heterocycles. The highest BCUT2D eigenvalue weighted by Gasteiger charge is 2.45. The summed E-state index contributed by atoms with van der Waals surface area (Å²) in [6, 6.07) is 11.2. The van der Waals surface area contributed by atoms with Gasteiger partial charge in [-0.3, -0.25) is 38.8 Å². The number of hydrogen-bond donors (Lipinski definition) is 3. The van der Waals surface area contributed by atoms with Crippen LogP contribution in [0.25, 0.3) is 44.2 Å². The van der Waals surface area contributed by atoms with Gasteiger partial charge in [0, 0.05) is 17.6 Å². The lowest BCUT2D eigenvalue weighted by atomic mass is 10.1. The number of anilines is 7. The summed E-state index contributed by atoms with van der Waals surface area (Å²) in [6.45, 7) is 0.346. The second-order valence-electron chi connectivity index (χ2n) is 16.9. The summed E-state index contributed by atoms with van der Waals surface area (Å²) >= 11 is 12.6. The Kier molecular flexibility index (Phi) is 11.2. The lowest BCUT2D eigenvalue weighted by Crippen LogP contribution is -2.36. The maximum Gasteiger partial charge on any atom is 0.263 e. The molecule has 22 nitrogen and oxygen atoms in total. The minimum absolute atomic E-state index is 0.00138. The summed E-state index contributed by atoms with van der Waals surface area (Å²) in [6.07, 6.45) is 6.04. The van der Waals surface area contributed by atoms with Crippen molar-refractivity contribution in [2.45, 2.75) is 24.8 Å². The van der Waals surface area contributed by atoms with Crippen LogP contribution in [-0.2, 0) is 24.0 Å². The third-order valence-electron chi connectivity index (χ3n) is 12.3. The molecule has 1 unspecified atom stereocenters. The Morgan fingerprint density at radius 3 is 2.32 bits per heavy atom. The van der Waals surface area contributed by atoms with Crippen LogP contribution in [0, 0.1) is 12.0 Å². The Bertz CT molecular complexity index is 3970. The minimum Gasteiger partial charge on any atom is -0.486 e. The molecule has 1 radical (unpaired) electrons. The number of carbonyl (C=O) groups excluding carboxylic acids is 5. The number of amides is 5. The van der Waals surface area contributed by atoms with Crippen molar-refractivity contribution >= 4 is 151 Å². The molecule has 0 saturated heterocycles. The molecule has 0 aromatic carbocycles. The lowest BCUT2D eigenvalue weighted by molar-refractivity contribution is -0.119. The fourth-order valence-electron chi connectivity index (χ4n) is 8.96. The number of aromatic nitrogens is 9. The van der Waals surface area contributed by atoms with Gasteiger partial charge in [0.15, 0.2) is 52.0 Å². The molecule has 0 saturated carbocycles. The van der Waals surface area contributed by atoms with Crippen LogP contribution in [0.5, 0.6) is 17.2 Å². The van der Waals surface area contributed by atoms with Crippen LogP contribution in [0.3, 0.4) is 0 Å². The van der Waals surface area contributed by atoms with Crippen LogP contribution in [-0.4, -0.2) is 111 Å². The first-order valence-corrected chi connectivity index (χ1v) is 27.5. The highest BCUT2D eigenvalue weighted by atomic mass is 35.5. The first kappa shape index (κ1) is 46.7. The van der Waals surface area contributed by atoms with E-state index in [-0.39, 0.29) is 128 Å². The van der Waals surface area contributed by atoms with E-state index in [0.717, 1.165) is 40.0 Å². The fourth-order valence-corrected chi connectivity index (χ4v) is 13.6. The molecule has 3 N–H and O–H groups in total. The highest BCUT2D eigenvalue weighted by Crippen LogP contribution is 2.57. The SMILES string of the molecule is O=C1COc2ccc(-c3c(N4C(=O)CSc5ccc(-c6n[c]c(-c7cc8c(cn7)OCCO8)c7c6SC(c6nc8c(cc6Cl)SCC(=O)N8)C(=O)N7c6nc7c(cc6F)SCC(=O)N7)nc54)cnc4snnc34)nc2N1. The van der Waals surface area contributed by atoms with Crippen molar-refractivity contribution in [1.29, 1.82) is 0 Å². The zero-order chi connectivity index (χ0) is 51.5. The smallest absolute Gasteiger partial charge is 0.263 e. The third-order valence-corrected chi connectivity index (χ3v) is 17.6. The molecule has 14 rings (SSSR count). The van der Waals surface area contributed by atoms with E-state index in [4.69, 9.17) is 45.7 Å². The summed E-state index contributed by atoms with van der Waals surface area (Å²) in [7, 11) is 0. The number of rotatable bonds is 6. The van der Waals surface area contributed by atoms with Gasteiger partial charge in [0.25, 0.3) is 11.8 Å². The van der Waals surface area contributed by atoms with E-state index in [9.17, 15) is 19.2 Å². The van der Waals surface area contributed by atoms with Crippen LogP contribution in [0.2, 0.25) is 5.02 Å². The van der Waals surface area contributed by atoms with Gasteiger partial charge in [-0.15, -0.1) is 52.1 Å². The summed E-state index contributed by atoms with van der Waals surface area (Å²) in [5.74, 6) is -1.94. The lowest BCUT2D eigenvalue weighted by Gasteiger charge is -2.36. The summed E-state index contributed by atoms with van der Waals surface area (Å²) < 4.78 is 38.6. The van der Waals surface area contributed by atoms with Gasteiger partial charge < -0.3 is 30.2 Å². The Morgan fingerprint density at radius 1 is 0.711 bits per heavy atom. The Labute approximate surface area is 451 Å². The predicted octanol–water partition coefficient (Wildman–Crippen LogP) is 7.52. The molecule has 29 heteroatoms. The van der Waals surface area contributed by atoms with Gasteiger partial charge in [-0.1, -0.05) is 16.1 Å². The normalized spacial score (nSPS) is 17.4. The number of ether oxygens (including phenoxy) is 3. The predicted molar refractivity (Wildman–Crippen MR) is 279 cm³/mol. The zero-order valence-electron chi connectivity index (χ0n) is 38.0. The summed E-state index contributed by atoms with van der Waals surface area (Å²) in [5.41, 5.74) is 1.88. The largest absolute Gasteiger partial charge is 0.486 e. The van der Waals surface area contributed by atoms with Gasteiger partial charge in [-0.2, -0.15) is 0 Å². The van der Waals surface area contributed by atoms with E-state index in [2.05, 4.69) is 46.7 Å². The molecular weight excluding hydrogens is 1100 g/mol. The van der Waals surface area contributed by atoms with Crippen molar-refractivity contribution in [3.05, 3.63) is 77.6 Å². The highest BCUT2D eigenvalue weighted by molar-refractivity contribution is 8.01. The standard InChI is InChI=1S/C47H25ClFN14O8S5/c48-18-7-28-42(56-31(65)14-72-28)58-35(18)40-47(68)63(44-19(49)8-29-43(59-44)57-32(66)15-73-29)38-17(22-9-25-26(12-50-22)70-6-5-69-25)10-51-36(39(38)75-40)21-2-4-27-45(54-21)62(33(67)16-74-27)23-11-52-46-37(60-61-76-46)34(23)20-1-3-24-41(53-20)55-30(64)13-71-24/h1-4,7-9,11-12,40H,5-6,13-16H2,(H,53,55,64)(H,56,58,65)(H,57,59,66). The van der Waals surface area contributed by atoms with Gasteiger partial charge in [0.1, 0.15) is 47.5 Å². The Hall–Kier alpha value is -7.76. The molecule has 8 aromatic heterocycles. The van der Waals surface area contributed by atoms with E-state index < -0.39 is 28.7 Å². The summed E-state index contributed by atoms with van der Waals surface area (Å²) in [5, 5.41) is 11.3. The molecule has 14 heterocycles. The van der Waals surface area contributed by atoms with E-state index in [1.54, 1.807) is 36.4 Å². The second-order valence-corrected chi connectivity index (χ2v) is 22.2. The fraction of sp³-hybridized carbons (Fsp3) is 0.149. The van der Waals surface area contributed by atoms with Gasteiger partial charge in [0.2, 0.25) is 17.7 Å². The van der Waals surface area contributed by atoms with E-state index in [1.807, 2.05) is 0 Å². The molecule has 76 heavy (non-hydrogen) atoms. The number of carbonyl (C=O) groups is 5. The second kappa shape index (κ2) is 18.2. The number of nitrogens with zero attached hydrogens (tertiary/aromatic N) is 11. The molecule has 0 aliphatic carbocycles. The monoisotopic (exact) mass is 1130 g/mol. The molecule has 6 aliphatic rings. The van der Waals surface area contributed by atoms with Crippen LogP contribution in [0.1, 0.15) is 10.9 Å². The Morgan fingerprint density at radius 2 is 1.47 bits per heavy atom. The molecule has 5 amide bonds. The first-order valence-electron chi connectivity index (χ1n) is 22.5. The van der Waals surface area contributed by atoms with E-state index in [1.165, 1.54) is 46.9 Å². The number of fused-ring (bicyclic) bond motifs is 7. The van der Waals surface area contributed by atoms with Crippen LogP contribution in [0.4, 0.5) is 44.9 Å². The number of hydrogen-bond acceptors (Lipinski definition) is 22. The Balaban J connectivity index is 0.993. The number of halogens is 2. The van der Waals surface area contributed by atoms with Gasteiger partial charge in [-0.25, -0.2) is 34.3 Å². The van der Waals surface area contributed by atoms with E-state index in [0.29, 0.717) is 53.5 Å². The van der Waals surface area contributed by atoms with Crippen LogP contribution < -0.4 is 40.0 Å². The first-order chi connectivity index (χ1) is 37.0. The van der Waals surface area contributed by atoms with Crippen LogP contribution in [0.15, 0.2) is 74.4 Å². The molecule has 8 aromatic rings. The average molecular weight is 1130 g/mol. The van der Waals surface area contributed by atoms with Gasteiger partial charge >= 0.3 is 0 Å². The van der Waals surface area contributed by atoms with E-state index >= 15 is 9.18 Å². The number of nitrogens with one attached hydrogen (secondary N) is 3. The molecule has 1 atom stereocenters. The quantitative estimate of drug-likeness (QED) is 0.145. The van der Waals surface area contributed by atoms with Gasteiger partial charge in [-0.05, 0) is 36.4 Å². The maximum atomic E-state index is 17.1. The summed E-state index contributed by atoms with van der Waals surface area (Å²) in [4.78, 5) is 106.